The highest BCUT2D eigenvalue weighted by atomic mass is 127. The summed E-state index contributed by atoms with van der Waals surface area (Å²) in [7, 11) is 0. The van der Waals surface area contributed by atoms with E-state index in [-0.39, 0.29) is 11.6 Å². The van der Waals surface area contributed by atoms with Crippen LogP contribution in [0.15, 0.2) is 59.5 Å². The summed E-state index contributed by atoms with van der Waals surface area (Å²) in [6.45, 7) is 0. The van der Waals surface area contributed by atoms with Gasteiger partial charge in [-0.05, 0) is 23.8 Å². The van der Waals surface area contributed by atoms with Crippen LogP contribution in [0.25, 0.3) is 5.57 Å². The summed E-state index contributed by atoms with van der Waals surface area (Å²) in [5.74, 6) is 0.848. The minimum absolute atomic E-state index is 0.0776. The summed E-state index contributed by atoms with van der Waals surface area (Å²) in [6, 6.07) is 14.8. The van der Waals surface area contributed by atoms with Gasteiger partial charge in [0, 0.05) is 31.8 Å². The van der Waals surface area contributed by atoms with E-state index in [1.807, 2.05) is 24.3 Å². The molecule has 0 aliphatic heterocycles. The summed E-state index contributed by atoms with van der Waals surface area (Å²) in [6.07, 6.45) is 1.47. The standard InChI is InChI=1S/C18H13IO2S/c19-8-9-22-13-5-3-4-12(10-13)16-11-17(20)14-6-1-2-7-15(14)18(16)21/h1-7,10-11H,8-9H2. The molecule has 0 saturated carbocycles. The van der Waals surface area contributed by atoms with Gasteiger partial charge in [-0.1, -0.05) is 59.0 Å². The van der Waals surface area contributed by atoms with Gasteiger partial charge in [-0.15, -0.1) is 11.8 Å². The molecule has 2 aromatic carbocycles. The fraction of sp³-hybridized carbons (Fsp3) is 0.111. The average molecular weight is 420 g/mol. The Kier molecular flexibility index (Phi) is 4.78. The van der Waals surface area contributed by atoms with E-state index in [9.17, 15) is 9.59 Å². The zero-order valence-electron chi connectivity index (χ0n) is 11.7. The molecule has 0 unspecified atom stereocenters. The third-order valence-corrected chi connectivity index (χ3v) is 5.72. The highest BCUT2D eigenvalue weighted by molar-refractivity contribution is 14.1. The lowest BCUT2D eigenvalue weighted by atomic mass is 9.86. The Labute approximate surface area is 147 Å². The van der Waals surface area contributed by atoms with Crippen molar-refractivity contribution < 1.29 is 9.59 Å². The molecule has 3 rings (SSSR count). The highest BCUT2D eigenvalue weighted by Gasteiger charge is 2.25. The third-order valence-electron chi connectivity index (χ3n) is 3.45. The maximum atomic E-state index is 12.7. The molecule has 22 heavy (non-hydrogen) atoms. The number of carbonyl (C=O) groups excluding carboxylic acids is 2. The van der Waals surface area contributed by atoms with Crippen LogP contribution in [-0.2, 0) is 0 Å². The van der Waals surface area contributed by atoms with E-state index in [1.54, 1.807) is 36.0 Å². The first-order chi connectivity index (χ1) is 10.7. The van der Waals surface area contributed by atoms with Gasteiger partial charge in [0.2, 0.25) is 0 Å². The van der Waals surface area contributed by atoms with E-state index in [1.165, 1.54) is 6.08 Å². The lowest BCUT2D eigenvalue weighted by molar-refractivity contribution is 0.100. The molecule has 0 saturated heterocycles. The van der Waals surface area contributed by atoms with Gasteiger partial charge in [-0.3, -0.25) is 9.59 Å². The summed E-state index contributed by atoms with van der Waals surface area (Å²) in [5, 5.41) is 0. The third kappa shape index (κ3) is 3.03. The zero-order chi connectivity index (χ0) is 15.5. The molecule has 2 nitrogen and oxygen atoms in total. The predicted molar refractivity (Wildman–Crippen MR) is 99.1 cm³/mol. The summed E-state index contributed by atoms with van der Waals surface area (Å²) in [4.78, 5) is 26.0. The lowest BCUT2D eigenvalue weighted by Crippen LogP contribution is -2.16. The van der Waals surface area contributed by atoms with Crippen LogP contribution in [0, 0.1) is 0 Å². The number of halogens is 1. The number of alkyl halides is 1. The van der Waals surface area contributed by atoms with Crippen LogP contribution in [0.1, 0.15) is 26.3 Å². The van der Waals surface area contributed by atoms with E-state index < -0.39 is 0 Å². The Morgan fingerprint density at radius 2 is 1.73 bits per heavy atom. The van der Waals surface area contributed by atoms with E-state index in [2.05, 4.69) is 22.6 Å². The molecule has 2 aromatic rings. The SMILES string of the molecule is O=C1C=C(c2cccc(SCCI)c2)C(=O)c2ccccc21. The number of ketones is 2. The molecule has 0 N–H and O–H groups in total. The second kappa shape index (κ2) is 6.79. The van der Waals surface area contributed by atoms with Crippen LogP contribution in [0.5, 0.6) is 0 Å². The molecule has 0 fully saturated rings. The van der Waals surface area contributed by atoms with Crippen molar-refractivity contribution in [2.45, 2.75) is 4.90 Å². The summed E-state index contributed by atoms with van der Waals surface area (Å²) >= 11 is 4.10. The Morgan fingerprint density at radius 1 is 0.955 bits per heavy atom. The molecule has 0 radical (unpaired) electrons. The fourth-order valence-corrected chi connectivity index (χ4v) is 3.80. The minimum atomic E-state index is -0.101. The molecule has 1 aliphatic rings. The molecule has 0 bridgehead atoms. The Hall–Kier alpha value is -1.40. The highest BCUT2D eigenvalue weighted by Crippen LogP contribution is 2.30. The molecule has 0 amide bonds. The van der Waals surface area contributed by atoms with Gasteiger partial charge in [0.05, 0.1) is 0 Å². The number of Topliss-reactive ketones (excluding diaryl/α,β-unsaturated/α-hetero) is 1. The van der Waals surface area contributed by atoms with E-state index in [0.29, 0.717) is 16.7 Å². The first-order valence-electron chi connectivity index (χ1n) is 6.89. The van der Waals surface area contributed by atoms with Gasteiger partial charge in [0.25, 0.3) is 0 Å². The smallest absolute Gasteiger partial charge is 0.194 e. The largest absolute Gasteiger partial charge is 0.289 e. The van der Waals surface area contributed by atoms with Gasteiger partial charge in [-0.2, -0.15) is 0 Å². The van der Waals surface area contributed by atoms with Gasteiger partial charge in [0.1, 0.15) is 0 Å². The second-order valence-electron chi connectivity index (χ2n) is 4.86. The number of rotatable bonds is 4. The summed E-state index contributed by atoms with van der Waals surface area (Å²) in [5.41, 5.74) is 2.29. The first-order valence-corrected chi connectivity index (χ1v) is 9.41. The van der Waals surface area contributed by atoms with Crippen LogP contribution >= 0.6 is 34.4 Å². The van der Waals surface area contributed by atoms with Crippen molar-refractivity contribution in [3.63, 3.8) is 0 Å². The Balaban J connectivity index is 1.99. The number of benzene rings is 2. The van der Waals surface area contributed by atoms with Crippen molar-refractivity contribution in [3.05, 3.63) is 71.3 Å². The van der Waals surface area contributed by atoms with Crippen LogP contribution in [0.3, 0.4) is 0 Å². The van der Waals surface area contributed by atoms with Crippen LogP contribution in [-0.4, -0.2) is 21.7 Å². The molecule has 0 spiro atoms. The van der Waals surface area contributed by atoms with Crippen molar-refractivity contribution in [2.24, 2.45) is 0 Å². The van der Waals surface area contributed by atoms with Gasteiger partial charge in [-0.25, -0.2) is 0 Å². The van der Waals surface area contributed by atoms with E-state index in [0.717, 1.165) is 20.6 Å². The van der Waals surface area contributed by atoms with E-state index >= 15 is 0 Å². The topological polar surface area (TPSA) is 34.1 Å². The monoisotopic (exact) mass is 420 g/mol. The number of hydrogen-bond donors (Lipinski definition) is 0. The normalized spacial score (nSPS) is 13.8. The van der Waals surface area contributed by atoms with Gasteiger partial charge in [0.15, 0.2) is 11.6 Å². The molecule has 0 aromatic heterocycles. The molecule has 1 aliphatic carbocycles. The van der Waals surface area contributed by atoms with Crippen molar-refractivity contribution in [1.82, 2.24) is 0 Å². The number of allylic oxidation sites excluding steroid dienone is 2. The molecule has 110 valence electrons. The second-order valence-corrected chi connectivity index (χ2v) is 7.11. The van der Waals surface area contributed by atoms with Gasteiger partial charge < -0.3 is 0 Å². The van der Waals surface area contributed by atoms with Crippen molar-refractivity contribution in [2.75, 3.05) is 10.2 Å². The van der Waals surface area contributed by atoms with Crippen molar-refractivity contribution in [3.8, 4) is 0 Å². The van der Waals surface area contributed by atoms with Crippen LogP contribution in [0.4, 0.5) is 0 Å². The quantitative estimate of drug-likeness (QED) is 0.410. The molecule has 4 heteroatoms. The van der Waals surface area contributed by atoms with E-state index in [4.69, 9.17) is 0 Å². The minimum Gasteiger partial charge on any atom is -0.289 e. The molecule has 0 atom stereocenters. The van der Waals surface area contributed by atoms with Crippen LogP contribution in [0.2, 0.25) is 0 Å². The molecule has 0 heterocycles. The first kappa shape index (κ1) is 15.5. The zero-order valence-corrected chi connectivity index (χ0v) is 14.7. The lowest BCUT2D eigenvalue weighted by Gasteiger charge is -2.15. The Morgan fingerprint density at radius 3 is 2.50 bits per heavy atom. The van der Waals surface area contributed by atoms with Crippen LogP contribution < -0.4 is 0 Å². The summed E-state index contributed by atoms with van der Waals surface area (Å²) < 4.78 is 1.07. The number of thioether (sulfide) groups is 1. The maximum Gasteiger partial charge on any atom is 0.194 e. The van der Waals surface area contributed by atoms with Gasteiger partial charge >= 0.3 is 0 Å². The number of hydrogen-bond acceptors (Lipinski definition) is 3. The number of fused-ring (bicyclic) bond motifs is 1. The number of carbonyl (C=O) groups is 2. The van der Waals surface area contributed by atoms with Crippen molar-refractivity contribution >= 4 is 51.5 Å². The predicted octanol–water partition coefficient (Wildman–Crippen LogP) is 4.68. The maximum absolute atomic E-state index is 12.7. The average Bonchev–Trinajstić information content (AvgIpc) is 2.56. The molecular weight excluding hydrogens is 407 g/mol. The Bertz CT molecular complexity index is 780. The van der Waals surface area contributed by atoms with Crippen molar-refractivity contribution in [1.29, 1.82) is 0 Å². The fourth-order valence-electron chi connectivity index (χ4n) is 2.44. The molecular formula is C18H13IO2S.